The molecule has 5 unspecified atom stereocenters. The lowest BCUT2D eigenvalue weighted by Crippen LogP contribution is -2.47. The van der Waals surface area contributed by atoms with E-state index in [1.165, 1.54) is 25.7 Å². The second-order valence-corrected chi connectivity index (χ2v) is 7.73. The maximum atomic E-state index is 12.3. The molecule has 4 heteroatoms. The molecule has 4 aliphatic rings. The summed E-state index contributed by atoms with van der Waals surface area (Å²) in [6.07, 6.45) is 6.15. The first-order valence-corrected chi connectivity index (χ1v) is 8.84. The van der Waals surface area contributed by atoms with Gasteiger partial charge in [0.05, 0.1) is 12.3 Å². The molecule has 0 amide bonds. The van der Waals surface area contributed by atoms with Crippen molar-refractivity contribution in [2.45, 2.75) is 64.9 Å². The number of rotatable bonds is 6. The summed E-state index contributed by atoms with van der Waals surface area (Å²) < 4.78 is 11.1. The van der Waals surface area contributed by atoms with Crippen molar-refractivity contribution in [3.05, 3.63) is 0 Å². The Morgan fingerprint density at radius 2 is 1.95 bits per heavy atom. The number of ether oxygens (including phenoxy) is 2. The van der Waals surface area contributed by atoms with Gasteiger partial charge in [-0.1, -0.05) is 20.8 Å². The molecule has 0 radical (unpaired) electrons. The van der Waals surface area contributed by atoms with E-state index in [4.69, 9.17) is 9.47 Å². The lowest BCUT2D eigenvalue weighted by molar-refractivity contribution is -0.176. The standard InChI is InChI=1S/C18H28O4/c1-4-18(14-8-12-7-13(10-14)15(18)9-12)22-16(19)5-6-21-17(20)11(2)3/h11-15H,4-10H2,1-3H3. The Morgan fingerprint density at radius 1 is 1.18 bits per heavy atom. The van der Waals surface area contributed by atoms with Crippen molar-refractivity contribution >= 4 is 11.9 Å². The average molecular weight is 308 g/mol. The van der Waals surface area contributed by atoms with Crippen LogP contribution in [0, 0.1) is 29.6 Å². The second kappa shape index (κ2) is 5.86. The highest BCUT2D eigenvalue weighted by Gasteiger charge is 2.63. The van der Waals surface area contributed by atoms with Crippen LogP contribution in [-0.4, -0.2) is 24.1 Å². The zero-order valence-corrected chi connectivity index (χ0v) is 14.0. The predicted molar refractivity (Wildman–Crippen MR) is 82.0 cm³/mol. The number of hydrogen-bond donors (Lipinski definition) is 0. The van der Waals surface area contributed by atoms with Crippen LogP contribution in [0.25, 0.3) is 0 Å². The predicted octanol–water partition coefficient (Wildman–Crippen LogP) is 3.33. The zero-order chi connectivity index (χ0) is 15.9. The van der Waals surface area contributed by atoms with Gasteiger partial charge in [-0.25, -0.2) is 0 Å². The van der Waals surface area contributed by atoms with Gasteiger partial charge in [-0.3, -0.25) is 9.59 Å². The maximum absolute atomic E-state index is 12.3. The minimum atomic E-state index is -0.253. The molecule has 4 rings (SSSR count). The van der Waals surface area contributed by atoms with Crippen LogP contribution >= 0.6 is 0 Å². The first kappa shape index (κ1) is 15.8. The molecule has 0 spiro atoms. The summed E-state index contributed by atoms with van der Waals surface area (Å²) >= 11 is 0. The van der Waals surface area contributed by atoms with E-state index < -0.39 is 0 Å². The Kier molecular flexibility index (Phi) is 4.21. The van der Waals surface area contributed by atoms with E-state index in [0.29, 0.717) is 11.8 Å². The molecule has 0 aromatic heterocycles. The number of hydrogen-bond acceptors (Lipinski definition) is 4. The van der Waals surface area contributed by atoms with E-state index in [0.717, 1.165) is 18.3 Å². The van der Waals surface area contributed by atoms with Crippen LogP contribution in [0.5, 0.6) is 0 Å². The molecule has 5 atom stereocenters. The van der Waals surface area contributed by atoms with Crippen LogP contribution in [0.4, 0.5) is 0 Å². The minimum Gasteiger partial charge on any atom is -0.465 e. The minimum absolute atomic E-state index is 0.136. The molecule has 4 bridgehead atoms. The fourth-order valence-corrected chi connectivity index (χ4v) is 5.30. The Hall–Kier alpha value is -1.06. The van der Waals surface area contributed by atoms with E-state index in [1.807, 2.05) is 0 Å². The van der Waals surface area contributed by atoms with Crippen molar-refractivity contribution in [2.24, 2.45) is 29.6 Å². The Bertz CT molecular complexity index is 454. The van der Waals surface area contributed by atoms with E-state index >= 15 is 0 Å². The molecule has 22 heavy (non-hydrogen) atoms. The third-order valence-electron chi connectivity index (χ3n) is 6.19. The van der Waals surface area contributed by atoms with E-state index in [9.17, 15) is 9.59 Å². The van der Waals surface area contributed by atoms with Crippen LogP contribution in [0.2, 0.25) is 0 Å². The number of esters is 2. The fraction of sp³-hybridized carbons (Fsp3) is 0.889. The summed E-state index contributed by atoms with van der Waals surface area (Å²) in [5.74, 6) is 2.17. The van der Waals surface area contributed by atoms with Crippen LogP contribution in [0.15, 0.2) is 0 Å². The Morgan fingerprint density at radius 3 is 2.59 bits per heavy atom. The smallest absolute Gasteiger partial charge is 0.309 e. The van der Waals surface area contributed by atoms with Crippen molar-refractivity contribution in [1.82, 2.24) is 0 Å². The summed E-state index contributed by atoms with van der Waals surface area (Å²) in [7, 11) is 0. The van der Waals surface area contributed by atoms with Crippen molar-refractivity contribution in [2.75, 3.05) is 6.61 Å². The van der Waals surface area contributed by atoms with Crippen molar-refractivity contribution in [1.29, 1.82) is 0 Å². The molecule has 4 aliphatic carbocycles. The number of carbonyl (C=O) groups is 2. The summed E-state index contributed by atoms with van der Waals surface area (Å²) in [5, 5.41) is 0. The highest BCUT2D eigenvalue weighted by atomic mass is 16.6. The number of carbonyl (C=O) groups excluding carboxylic acids is 2. The molecule has 4 saturated carbocycles. The molecule has 0 N–H and O–H groups in total. The Labute approximate surface area is 132 Å². The molecule has 0 aromatic rings. The van der Waals surface area contributed by atoms with Crippen LogP contribution in [0.3, 0.4) is 0 Å². The van der Waals surface area contributed by atoms with Crippen LogP contribution in [-0.2, 0) is 19.1 Å². The van der Waals surface area contributed by atoms with E-state index in [-0.39, 0.29) is 36.5 Å². The lowest BCUT2D eigenvalue weighted by Gasteiger charge is -2.43. The van der Waals surface area contributed by atoms with Gasteiger partial charge in [-0.15, -0.1) is 0 Å². The molecule has 0 heterocycles. The summed E-state index contributed by atoms with van der Waals surface area (Å²) in [4.78, 5) is 23.7. The summed E-state index contributed by atoms with van der Waals surface area (Å²) in [6.45, 7) is 5.87. The van der Waals surface area contributed by atoms with Crippen LogP contribution < -0.4 is 0 Å². The topological polar surface area (TPSA) is 52.6 Å². The largest absolute Gasteiger partial charge is 0.465 e. The van der Waals surface area contributed by atoms with Gasteiger partial charge in [0.2, 0.25) is 0 Å². The van der Waals surface area contributed by atoms with Gasteiger partial charge in [0.1, 0.15) is 12.2 Å². The fourth-order valence-electron chi connectivity index (χ4n) is 5.30. The first-order chi connectivity index (χ1) is 10.5. The van der Waals surface area contributed by atoms with Gasteiger partial charge >= 0.3 is 11.9 Å². The third-order valence-corrected chi connectivity index (χ3v) is 6.19. The first-order valence-electron chi connectivity index (χ1n) is 8.84. The van der Waals surface area contributed by atoms with Crippen molar-refractivity contribution in [3.63, 3.8) is 0 Å². The second-order valence-electron chi connectivity index (χ2n) is 7.73. The molecule has 0 saturated heterocycles. The van der Waals surface area contributed by atoms with E-state index in [1.54, 1.807) is 13.8 Å². The lowest BCUT2D eigenvalue weighted by atomic mass is 9.71. The molecular formula is C18H28O4. The van der Waals surface area contributed by atoms with Gasteiger partial charge in [0, 0.05) is 5.92 Å². The Balaban J connectivity index is 1.55. The zero-order valence-electron chi connectivity index (χ0n) is 14.0. The SMILES string of the molecule is CCC1(OC(=O)CCOC(=O)C(C)C)C2CC3CC(C2)C1C3. The highest BCUT2D eigenvalue weighted by Crippen LogP contribution is 2.65. The van der Waals surface area contributed by atoms with E-state index in [2.05, 4.69) is 6.92 Å². The normalized spacial score (nSPS) is 38.5. The van der Waals surface area contributed by atoms with Gasteiger partial charge in [0.15, 0.2) is 0 Å². The third kappa shape index (κ3) is 2.55. The molecule has 4 nitrogen and oxygen atoms in total. The summed E-state index contributed by atoms with van der Waals surface area (Å²) in [6, 6.07) is 0. The summed E-state index contributed by atoms with van der Waals surface area (Å²) in [5.41, 5.74) is -0.225. The monoisotopic (exact) mass is 308 g/mol. The molecule has 4 fully saturated rings. The van der Waals surface area contributed by atoms with Gasteiger partial charge < -0.3 is 9.47 Å². The molecule has 0 aliphatic heterocycles. The van der Waals surface area contributed by atoms with Gasteiger partial charge in [0.25, 0.3) is 0 Å². The van der Waals surface area contributed by atoms with Crippen LogP contribution in [0.1, 0.15) is 59.3 Å². The highest BCUT2D eigenvalue weighted by molar-refractivity contribution is 5.73. The van der Waals surface area contributed by atoms with Crippen molar-refractivity contribution in [3.8, 4) is 0 Å². The van der Waals surface area contributed by atoms with Gasteiger partial charge in [-0.05, 0) is 49.9 Å². The quantitative estimate of drug-likeness (QED) is 0.706. The van der Waals surface area contributed by atoms with Gasteiger partial charge in [-0.2, -0.15) is 0 Å². The molecular weight excluding hydrogens is 280 g/mol. The molecule has 124 valence electrons. The average Bonchev–Trinajstić information content (AvgIpc) is 2.87. The van der Waals surface area contributed by atoms with Crippen molar-refractivity contribution < 1.29 is 19.1 Å². The maximum Gasteiger partial charge on any atom is 0.309 e. The molecule has 0 aromatic carbocycles.